The molecule has 0 aliphatic rings. The number of ether oxygens (including phenoxy) is 1. The molecule has 3 rings (SSSR count). The molecule has 136 valence electrons. The summed E-state index contributed by atoms with van der Waals surface area (Å²) in [6.45, 7) is 3.78. The molecule has 0 fully saturated rings. The number of rotatable bonds is 5. The van der Waals surface area contributed by atoms with Crippen molar-refractivity contribution < 1.29 is 14.6 Å². The molecule has 0 radical (unpaired) electrons. The Labute approximate surface area is 150 Å². The average molecular weight is 355 g/mol. The second kappa shape index (κ2) is 7.03. The topological polar surface area (TPSA) is 97.2 Å². The Bertz CT molecular complexity index is 1020. The van der Waals surface area contributed by atoms with Crippen LogP contribution in [0.3, 0.4) is 0 Å². The van der Waals surface area contributed by atoms with Crippen molar-refractivity contribution in [1.29, 1.82) is 0 Å². The molecule has 0 saturated heterocycles. The number of aromatic hydroxyl groups is 1. The second-order valence-electron chi connectivity index (χ2n) is 6.17. The first kappa shape index (κ1) is 17.7. The molecule has 2 aromatic heterocycles. The lowest BCUT2D eigenvalue weighted by Gasteiger charge is -2.17. The number of nitrogens with one attached hydrogen (secondary N) is 1. The maximum absolute atomic E-state index is 12.7. The monoisotopic (exact) mass is 355 g/mol. The van der Waals surface area contributed by atoms with Gasteiger partial charge >= 0.3 is 5.97 Å². The summed E-state index contributed by atoms with van der Waals surface area (Å²) in [5, 5.41) is 15.6. The average Bonchev–Trinajstić information content (AvgIpc) is 2.92. The van der Waals surface area contributed by atoms with Crippen LogP contribution in [0.5, 0.6) is 5.75 Å². The number of nitrogens with zero attached hydrogens (tertiary/aromatic N) is 2. The molecule has 2 heterocycles. The summed E-state index contributed by atoms with van der Waals surface area (Å²) < 4.78 is 6.69. The predicted molar refractivity (Wildman–Crippen MR) is 97.3 cm³/mol. The zero-order valence-corrected chi connectivity index (χ0v) is 14.9. The summed E-state index contributed by atoms with van der Waals surface area (Å²) in [5.74, 6) is -1.22. The van der Waals surface area contributed by atoms with Crippen LogP contribution < -0.4 is 5.56 Å². The van der Waals surface area contributed by atoms with E-state index in [1.165, 1.54) is 0 Å². The number of H-pyrrole nitrogens is 1. The molecule has 0 unspecified atom stereocenters. The van der Waals surface area contributed by atoms with Gasteiger partial charge in [0.1, 0.15) is 5.75 Å². The van der Waals surface area contributed by atoms with Crippen LogP contribution in [0.2, 0.25) is 0 Å². The molecular weight excluding hydrogens is 334 g/mol. The van der Waals surface area contributed by atoms with E-state index in [4.69, 9.17) is 4.74 Å². The molecule has 0 bridgehead atoms. The second-order valence-corrected chi connectivity index (χ2v) is 6.17. The van der Waals surface area contributed by atoms with Gasteiger partial charge in [0.05, 0.1) is 29.8 Å². The van der Waals surface area contributed by atoms with Crippen LogP contribution in [0.4, 0.5) is 0 Å². The SMILES string of the molecule is CCOC(=O)C[C@@H](c1cn(C)nc1C)c1c(O)c2ccccc2[nH]c1=O. The van der Waals surface area contributed by atoms with E-state index in [0.717, 1.165) is 0 Å². The smallest absolute Gasteiger partial charge is 0.306 e. The molecular formula is C19H21N3O4. The van der Waals surface area contributed by atoms with Gasteiger partial charge in [-0.1, -0.05) is 12.1 Å². The van der Waals surface area contributed by atoms with Gasteiger partial charge in [-0.25, -0.2) is 0 Å². The van der Waals surface area contributed by atoms with Crippen LogP contribution in [-0.2, 0) is 16.6 Å². The number of aryl methyl sites for hydroxylation is 2. The zero-order chi connectivity index (χ0) is 18.8. The number of pyridine rings is 1. The first-order chi connectivity index (χ1) is 12.4. The number of aromatic nitrogens is 3. The molecule has 26 heavy (non-hydrogen) atoms. The highest BCUT2D eigenvalue weighted by molar-refractivity contribution is 5.86. The number of benzene rings is 1. The van der Waals surface area contributed by atoms with Gasteiger partial charge in [-0.2, -0.15) is 5.10 Å². The molecule has 7 heteroatoms. The molecule has 1 atom stereocenters. The minimum absolute atomic E-state index is 0.0602. The highest BCUT2D eigenvalue weighted by Crippen LogP contribution is 2.36. The molecule has 7 nitrogen and oxygen atoms in total. The van der Waals surface area contributed by atoms with Crippen molar-refractivity contribution in [3.63, 3.8) is 0 Å². The van der Waals surface area contributed by atoms with Gasteiger partial charge < -0.3 is 14.8 Å². The van der Waals surface area contributed by atoms with Crippen molar-refractivity contribution in [2.24, 2.45) is 7.05 Å². The van der Waals surface area contributed by atoms with E-state index in [1.54, 1.807) is 56.0 Å². The molecule has 0 amide bonds. The van der Waals surface area contributed by atoms with Crippen LogP contribution in [0, 0.1) is 6.92 Å². The number of hydrogen-bond donors (Lipinski definition) is 2. The number of fused-ring (bicyclic) bond motifs is 1. The van der Waals surface area contributed by atoms with Crippen molar-refractivity contribution in [3.05, 3.63) is 57.6 Å². The third-order valence-corrected chi connectivity index (χ3v) is 4.38. The highest BCUT2D eigenvalue weighted by Gasteiger charge is 2.28. The number of para-hydroxylation sites is 1. The van der Waals surface area contributed by atoms with Gasteiger partial charge in [-0.15, -0.1) is 0 Å². The zero-order valence-electron chi connectivity index (χ0n) is 14.9. The summed E-state index contributed by atoms with van der Waals surface area (Å²) >= 11 is 0. The molecule has 0 aliphatic carbocycles. The van der Waals surface area contributed by atoms with E-state index in [1.807, 2.05) is 0 Å². The van der Waals surface area contributed by atoms with E-state index in [9.17, 15) is 14.7 Å². The van der Waals surface area contributed by atoms with Gasteiger partial charge in [0, 0.05) is 30.1 Å². The van der Waals surface area contributed by atoms with Gasteiger partial charge in [-0.3, -0.25) is 14.3 Å². The predicted octanol–water partition coefficient (Wildman–Crippen LogP) is 2.36. The fraction of sp³-hybridized carbons (Fsp3) is 0.316. The Morgan fingerprint density at radius 2 is 2.12 bits per heavy atom. The van der Waals surface area contributed by atoms with Gasteiger partial charge in [0.15, 0.2) is 0 Å². The molecule has 0 aliphatic heterocycles. The Morgan fingerprint density at radius 1 is 1.38 bits per heavy atom. The van der Waals surface area contributed by atoms with Gasteiger partial charge in [0.25, 0.3) is 5.56 Å². The Balaban J connectivity index is 2.21. The largest absolute Gasteiger partial charge is 0.507 e. The van der Waals surface area contributed by atoms with Crippen LogP contribution in [0.15, 0.2) is 35.3 Å². The maximum atomic E-state index is 12.7. The summed E-state index contributed by atoms with van der Waals surface area (Å²) in [6.07, 6.45) is 1.70. The molecule has 0 saturated carbocycles. The van der Waals surface area contributed by atoms with E-state index in [0.29, 0.717) is 22.2 Å². The number of esters is 1. The maximum Gasteiger partial charge on any atom is 0.306 e. The van der Waals surface area contributed by atoms with E-state index < -0.39 is 17.4 Å². The number of carbonyl (C=O) groups is 1. The highest BCUT2D eigenvalue weighted by atomic mass is 16.5. The first-order valence-corrected chi connectivity index (χ1v) is 8.42. The van der Waals surface area contributed by atoms with E-state index >= 15 is 0 Å². The van der Waals surface area contributed by atoms with Crippen molar-refractivity contribution in [1.82, 2.24) is 14.8 Å². The third-order valence-electron chi connectivity index (χ3n) is 4.38. The Morgan fingerprint density at radius 3 is 2.77 bits per heavy atom. The van der Waals surface area contributed by atoms with Crippen LogP contribution in [0.1, 0.15) is 36.1 Å². The van der Waals surface area contributed by atoms with Crippen LogP contribution in [-0.4, -0.2) is 32.4 Å². The minimum atomic E-state index is -0.656. The van der Waals surface area contributed by atoms with Crippen molar-refractivity contribution >= 4 is 16.9 Å². The van der Waals surface area contributed by atoms with E-state index in [-0.39, 0.29) is 24.3 Å². The normalized spacial score (nSPS) is 12.3. The summed E-state index contributed by atoms with van der Waals surface area (Å²) in [6, 6.07) is 7.00. The number of carbonyl (C=O) groups excluding carboxylic acids is 1. The van der Waals surface area contributed by atoms with Crippen molar-refractivity contribution in [3.8, 4) is 5.75 Å². The number of aromatic amines is 1. The minimum Gasteiger partial charge on any atom is -0.507 e. The van der Waals surface area contributed by atoms with Crippen LogP contribution >= 0.6 is 0 Å². The molecule has 2 N–H and O–H groups in total. The fourth-order valence-electron chi connectivity index (χ4n) is 3.28. The molecule has 3 aromatic rings. The lowest BCUT2D eigenvalue weighted by atomic mass is 9.88. The first-order valence-electron chi connectivity index (χ1n) is 8.42. The summed E-state index contributed by atoms with van der Waals surface area (Å²) in [4.78, 5) is 27.7. The summed E-state index contributed by atoms with van der Waals surface area (Å²) in [5.41, 5.74) is 1.65. The fourth-order valence-corrected chi connectivity index (χ4v) is 3.28. The Kier molecular flexibility index (Phi) is 4.79. The van der Waals surface area contributed by atoms with Gasteiger partial charge in [-0.05, 0) is 26.0 Å². The van der Waals surface area contributed by atoms with E-state index in [2.05, 4.69) is 10.1 Å². The van der Waals surface area contributed by atoms with Crippen molar-refractivity contribution in [2.75, 3.05) is 6.61 Å². The standard InChI is InChI=1S/C19H21N3O4/c1-4-26-16(23)9-13(14-10-22(3)21-11(14)2)17-18(24)12-7-5-6-8-15(12)20-19(17)25/h5-8,10,13H,4,9H2,1-3H3,(H2,20,24,25)/t13-/m0/s1. The summed E-state index contributed by atoms with van der Waals surface area (Å²) in [7, 11) is 1.77. The number of hydrogen-bond acceptors (Lipinski definition) is 5. The lowest BCUT2D eigenvalue weighted by Crippen LogP contribution is -2.21. The third kappa shape index (κ3) is 3.20. The quantitative estimate of drug-likeness (QED) is 0.685. The molecule has 1 aromatic carbocycles. The van der Waals surface area contributed by atoms with Crippen molar-refractivity contribution in [2.45, 2.75) is 26.2 Å². The lowest BCUT2D eigenvalue weighted by molar-refractivity contribution is -0.143. The van der Waals surface area contributed by atoms with Crippen LogP contribution in [0.25, 0.3) is 10.9 Å². The molecule has 0 spiro atoms. The van der Waals surface area contributed by atoms with Gasteiger partial charge in [0.2, 0.25) is 0 Å². The Hall–Kier alpha value is -3.09.